The van der Waals surface area contributed by atoms with Gasteiger partial charge in [0.15, 0.2) is 0 Å². The van der Waals surface area contributed by atoms with Gasteiger partial charge in [0.2, 0.25) is 0 Å². The maximum Gasteiger partial charge on any atom is 0.255 e. The van der Waals surface area contributed by atoms with Crippen LogP contribution in [-0.2, 0) is 0 Å². The molecule has 0 bridgehead atoms. The zero-order valence-corrected chi connectivity index (χ0v) is 12.4. The summed E-state index contributed by atoms with van der Waals surface area (Å²) in [5.74, 6) is -0.138. The summed E-state index contributed by atoms with van der Waals surface area (Å²) in [6.45, 7) is 3.86. The second-order valence-corrected chi connectivity index (χ2v) is 5.46. The number of nitrogens with one attached hydrogen (secondary N) is 1. The Hall–Kier alpha value is -1.81. The molecule has 0 aromatic heterocycles. The van der Waals surface area contributed by atoms with Crippen molar-refractivity contribution >= 4 is 33.2 Å². The highest BCUT2D eigenvalue weighted by molar-refractivity contribution is 9.10. The molecule has 0 radical (unpaired) electrons. The lowest BCUT2D eigenvalue weighted by atomic mass is 10.1. The van der Waals surface area contributed by atoms with Gasteiger partial charge < -0.3 is 11.1 Å². The van der Waals surface area contributed by atoms with Gasteiger partial charge in [0.25, 0.3) is 5.91 Å². The van der Waals surface area contributed by atoms with Gasteiger partial charge in [0.05, 0.1) is 0 Å². The minimum Gasteiger partial charge on any atom is -0.399 e. The SMILES string of the molecule is Cc1cc(Br)cc(NC(=O)c2ccc(N)c(C)c2)c1. The number of carbonyl (C=O) groups is 1. The second-order valence-electron chi connectivity index (χ2n) is 4.54. The molecule has 0 spiro atoms. The summed E-state index contributed by atoms with van der Waals surface area (Å²) >= 11 is 3.41. The van der Waals surface area contributed by atoms with Crippen LogP contribution in [0.3, 0.4) is 0 Å². The molecule has 1 amide bonds. The van der Waals surface area contributed by atoms with E-state index in [0.29, 0.717) is 11.3 Å². The Kier molecular flexibility index (Phi) is 3.90. The molecule has 0 unspecified atom stereocenters. The number of anilines is 2. The number of rotatable bonds is 2. The van der Waals surface area contributed by atoms with E-state index in [4.69, 9.17) is 5.73 Å². The first kappa shape index (κ1) is 13.6. The van der Waals surface area contributed by atoms with Crippen LogP contribution in [0.15, 0.2) is 40.9 Å². The maximum absolute atomic E-state index is 12.1. The monoisotopic (exact) mass is 318 g/mol. The molecule has 0 saturated carbocycles. The maximum atomic E-state index is 12.1. The average molecular weight is 319 g/mol. The summed E-state index contributed by atoms with van der Waals surface area (Å²) in [6, 6.07) is 11.0. The van der Waals surface area contributed by atoms with Crippen LogP contribution in [0.5, 0.6) is 0 Å². The third-order valence-corrected chi connectivity index (χ3v) is 3.29. The predicted octanol–water partition coefficient (Wildman–Crippen LogP) is 3.90. The first-order chi connectivity index (χ1) is 8.95. The van der Waals surface area contributed by atoms with Crippen LogP contribution in [-0.4, -0.2) is 5.91 Å². The van der Waals surface area contributed by atoms with E-state index in [0.717, 1.165) is 21.3 Å². The number of carbonyl (C=O) groups excluding carboxylic acids is 1. The van der Waals surface area contributed by atoms with Crippen LogP contribution >= 0.6 is 15.9 Å². The van der Waals surface area contributed by atoms with Gasteiger partial charge in [0, 0.05) is 21.4 Å². The van der Waals surface area contributed by atoms with Crippen LogP contribution < -0.4 is 11.1 Å². The molecular weight excluding hydrogens is 304 g/mol. The Labute approximate surface area is 121 Å². The van der Waals surface area contributed by atoms with Gasteiger partial charge in [-0.2, -0.15) is 0 Å². The lowest BCUT2D eigenvalue weighted by Crippen LogP contribution is -2.12. The van der Waals surface area contributed by atoms with Crippen molar-refractivity contribution in [1.29, 1.82) is 0 Å². The van der Waals surface area contributed by atoms with E-state index >= 15 is 0 Å². The van der Waals surface area contributed by atoms with Gasteiger partial charge in [0.1, 0.15) is 0 Å². The number of aryl methyl sites for hydroxylation is 2. The van der Waals surface area contributed by atoms with E-state index in [2.05, 4.69) is 21.2 Å². The zero-order valence-electron chi connectivity index (χ0n) is 10.8. The van der Waals surface area contributed by atoms with Crippen LogP contribution in [0.1, 0.15) is 21.5 Å². The summed E-state index contributed by atoms with van der Waals surface area (Å²) in [6.07, 6.45) is 0. The lowest BCUT2D eigenvalue weighted by Gasteiger charge is -2.08. The molecular formula is C15H15BrN2O. The normalized spacial score (nSPS) is 10.3. The number of nitrogen functional groups attached to an aromatic ring is 1. The Morgan fingerprint density at radius 1 is 1.16 bits per heavy atom. The number of hydrogen-bond acceptors (Lipinski definition) is 2. The fourth-order valence-corrected chi connectivity index (χ4v) is 2.44. The first-order valence-electron chi connectivity index (χ1n) is 5.90. The van der Waals surface area contributed by atoms with E-state index in [-0.39, 0.29) is 5.91 Å². The highest BCUT2D eigenvalue weighted by atomic mass is 79.9. The summed E-state index contributed by atoms with van der Waals surface area (Å²) in [4.78, 5) is 12.1. The zero-order chi connectivity index (χ0) is 14.0. The smallest absolute Gasteiger partial charge is 0.255 e. The number of halogens is 1. The molecule has 0 atom stereocenters. The lowest BCUT2D eigenvalue weighted by molar-refractivity contribution is 0.102. The molecule has 0 aliphatic carbocycles. The van der Waals surface area contributed by atoms with E-state index in [1.54, 1.807) is 18.2 Å². The molecule has 3 nitrogen and oxygen atoms in total. The molecule has 0 saturated heterocycles. The third-order valence-electron chi connectivity index (χ3n) is 2.83. The summed E-state index contributed by atoms with van der Waals surface area (Å²) in [5, 5.41) is 2.88. The number of benzene rings is 2. The minimum atomic E-state index is -0.138. The number of hydrogen-bond donors (Lipinski definition) is 2. The molecule has 0 heterocycles. The van der Waals surface area contributed by atoms with Gasteiger partial charge >= 0.3 is 0 Å². The Balaban J connectivity index is 2.22. The third kappa shape index (κ3) is 3.35. The average Bonchev–Trinajstić information content (AvgIpc) is 2.31. The van der Waals surface area contributed by atoms with Crippen molar-refractivity contribution in [2.24, 2.45) is 0 Å². The van der Waals surface area contributed by atoms with Gasteiger partial charge in [-0.1, -0.05) is 15.9 Å². The van der Waals surface area contributed by atoms with Crippen molar-refractivity contribution in [2.45, 2.75) is 13.8 Å². The van der Waals surface area contributed by atoms with Crippen molar-refractivity contribution in [1.82, 2.24) is 0 Å². The molecule has 0 aliphatic rings. The Bertz CT molecular complexity index is 618. The predicted molar refractivity (Wildman–Crippen MR) is 82.4 cm³/mol. The molecule has 2 rings (SSSR count). The Morgan fingerprint density at radius 2 is 1.89 bits per heavy atom. The topological polar surface area (TPSA) is 55.1 Å². The quantitative estimate of drug-likeness (QED) is 0.825. The molecule has 0 fully saturated rings. The van der Waals surface area contributed by atoms with Crippen molar-refractivity contribution in [3.63, 3.8) is 0 Å². The first-order valence-corrected chi connectivity index (χ1v) is 6.69. The van der Waals surface area contributed by atoms with Crippen molar-refractivity contribution < 1.29 is 4.79 Å². The fraction of sp³-hybridized carbons (Fsp3) is 0.133. The van der Waals surface area contributed by atoms with Crippen LogP contribution in [0.4, 0.5) is 11.4 Å². The van der Waals surface area contributed by atoms with E-state index in [9.17, 15) is 4.79 Å². The molecule has 2 aromatic rings. The Morgan fingerprint density at radius 3 is 2.53 bits per heavy atom. The molecule has 4 heteroatoms. The van der Waals surface area contributed by atoms with Crippen molar-refractivity contribution in [2.75, 3.05) is 11.1 Å². The highest BCUT2D eigenvalue weighted by Gasteiger charge is 2.08. The highest BCUT2D eigenvalue weighted by Crippen LogP contribution is 2.20. The largest absolute Gasteiger partial charge is 0.399 e. The van der Waals surface area contributed by atoms with E-state index < -0.39 is 0 Å². The van der Waals surface area contributed by atoms with Crippen LogP contribution in [0, 0.1) is 13.8 Å². The van der Waals surface area contributed by atoms with Crippen molar-refractivity contribution in [3.05, 3.63) is 57.6 Å². The van der Waals surface area contributed by atoms with Gasteiger partial charge in [-0.25, -0.2) is 0 Å². The standard InChI is InChI=1S/C15H15BrN2O/c1-9-5-12(16)8-13(6-9)18-15(19)11-3-4-14(17)10(2)7-11/h3-8H,17H2,1-2H3,(H,18,19). The van der Waals surface area contributed by atoms with Crippen LogP contribution in [0.2, 0.25) is 0 Å². The van der Waals surface area contributed by atoms with Gasteiger partial charge in [-0.15, -0.1) is 0 Å². The number of amides is 1. The van der Waals surface area contributed by atoms with E-state index in [1.165, 1.54) is 0 Å². The molecule has 2 aromatic carbocycles. The second kappa shape index (κ2) is 5.45. The summed E-state index contributed by atoms with van der Waals surface area (Å²) in [7, 11) is 0. The number of nitrogens with two attached hydrogens (primary N) is 1. The van der Waals surface area contributed by atoms with Gasteiger partial charge in [-0.05, 0) is 61.4 Å². The van der Waals surface area contributed by atoms with E-state index in [1.807, 2.05) is 32.0 Å². The molecule has 98 valence electrons. The molecule has 0 aliphatic heterocycles. The molecule has 19 heavy (non-hydrogen) atoms. The van der Waals surface area contributed by atoms with Crippen molar-refractivity contribution in [3.8, 4) is 0 Å². The minimum absolute atomic E-state index is 0.138. The van der Waals surface area contributed by atoms with Crippen LogP contribution in [0.25, 0.3) is 0 Å². The summed E-state index contributed by atoms with van der Waals surface area (Å²) in [5.41, 5.74) is 9.79. The van der Waals surface area contributed by atoms with Gasteiger partial charge in [-0.3, -0.25) is 4.79 Å². The summed E-state index contributed by atoms with van der Waals surface area (Å²) < 4.78 is 0.941. The fourth-order valence-electron chi connectivity index (χ4n) is 1.83. The molecule has 3 N–H and O–H groups in total.